The number of likely N-dealkylation sites (N-methyl/N-ethyl adjacent to an activating group) is 1. The topological polar surface area (TPSA) is 77.6 Å². The Bertz CT molecular complexity index is 1480. The van der Waals surface area contributed by atoms with Crippen molar-refractivity contribution < 1.29 is 4.92 Å². The van der Waals surface area contributed by atoms with Gasteiger partial charge in [-0.05, 0) is 35.9 Å². The molecule has 3 aromatic rings. The van der Waals surface area contributed by atoms with Gasteiger partial charge in [0.2, 0.25) is 0 Å². The smallest absolute Gasteiger partial charge is 0.269 e. The molecule has 9 heteroatoms. The van der Waals surface area contributed by atoms with Gasteiger partial charge in [0, 0.05) is 49.1 Å². The van der Waals surface area contributed by atoms with Crippen molar-refractivity contribution in [2.45, 2.75) is 33.1 Å². The van der Waals surface area contributed by atoms with Crippen LogP contribution in [0.15, 0.2) is 99.7 Å². The van der Waals surface area contributed by atoms with Crippen LogP contribution >= 0.6 is 7.36 Å². The molecule has 196 valence electrons. The quantitative estimate of drug-likeness (QED) is 0.186. The highest BCUT2D eigenvalue weighted by molar-refractivity contribution is 7.71. The zero-order chi connectivity index (χ0) is 27.1. The first kappa shape index (κ1) is 25.9. The zero-order valence-electron chi connectivity index (χ0n) is 22.4. The summed E-state index contributed by atoms with van der Waals surface area (Å²) in [4.78, 5) is 13.2. The van der Waals surface area contributed by atoms with Gasteiger partial charge in [0.1, 0.15) is 0 Å². The van der Waals surface area contributed by atoms with Crippen LogP contribution in [0, 0.1) is 10.1 Å². The maximum Gasteiger partial charge on any atom is 0.269 e. The molecule has 0 bridgehead atoms. The van der Waals surface area contributed by atoms with E-state index in [9.17, 15) is 10.1 Å². The van der Waals surface area contributed by atoms with Crippen LogP contribution in [0.3, 0.4) is 0 Å². The predicted molar refractivity (Wildman–Crippen MR) is 157 cm³/mol. The van der Waals surface area contributed by atoms with Crippen LogP contribution in [0.1, 0.15) is 33.3 Å². The minimum absolute atomic E-state index is 0.0486. The second-order valence-corrected chi connectivity index (χ2v) is 12.6. The number of hydrogen-bond donors (Lipinski definition) is 0. The SMILES string of the molecule is CCN(CC)P1(=Nc2ccc([N+](=O)[O-])cc2)/C(=C2/N(C)c3ccccc3C2(C)C)C=NN1c1ccccc1. The Balaban J connectivity index is 1.86. The Hall–Kier alpha value is -3.74. The molecule has 5 rings (SSSR count). The molecule has 2 aliphatic heterocycles. The van der Waals surface area contributed by atoms with Crippen LogP contribution in [-0.4, -0.2) is 35.9 Å². The number of benzene rings is 3. The summed E-state index contributed by atoms with van der Waals surface area (Å²) in [7, 11) is -0.595. The number of para-hydroxylation sites is 2. The van der Waals surface area contributed by atoms with Gasteiger partial charge in [-0.1, -0.05) is 64.1 Å². The molecule has 8 nitrogen and oxygen atoms in total. The molecule has 0 N–H and O–H groups in total. The van der Waals surface area contributed by atoms with Crippen LogP contribution in [-0.2, 0) is 5.41 Å². The summed E-state index contributed by atoms with van der Waals surface area (Å²) in [5.74, 6) is 0. The monoisotopic (exact) mass is 528 g/mol. The lowest BCUT2D eigenvalue weighted by atomic mass is 9.84. The highest BCUT2D eigenvalue weighted by Gasteiger charge is 2.49. The van der Waals surface area contributed by atoms with Crippen LogP contribution in [0.25, 0.3) is 0 Å². The molecule has 38 heavy (non-hydrogen) atoms. The first-order chi connectivity index (χ1) is 18.3. The molecule has 0 spiro atoms. The third kappa shape index (κ3) is 3.96. The number of nitro groups is 1. The van der Waals surface area contributed by atoms with Crippen molar-refractivity contribution in [3.8, 4) is 0 Å². The van der Waals surface area contributed by atoms with E-state index in [4.69, 9.17) is 9.85 Å². The number of hydrazone groups is 1. The van der Waals surface area contributed by atoms with Gasteiger partial charge >= 0.3 is 0 Å². The normalized spacial score (nSPS) is 21.7. The predicted octanol–water partition coefficient (Wildman–Crippen LogP) is 7.74. The first-order valence-corrected chi connectivity index (χ1v) is 14.5. The van der Waals surface area contributed by atoms with E-state index in [2.05, 4.69) is 85.5 Å². The van der Waals surface area contributed by atoms with E-state index >= 15 is 0 Å². The van der Waals surface area contributed by atoms with Gasteiger partial charge in [-0.25, -0.2) is 14.2 Å². The number of nitro benzene ring substituents is 1. The first-order valence-electron chi connectivity index (χ1n) is 12.9. The van der Waals surface area contributed by atoms with Crippen molar-refractivity contribution in [1.82, 2.24) is 4.67 Å². The molecule has 0 fully saturated rings. The second kappa shape index (κ2) is 9.86. The van der Waals surface area contributed by atoms with E-state index in [0.717, 1.165) is 24.1 Å². The fourth-order valence-electron chi connectivity index (χ4n) is 5.66. The molecule has 2 aliphatic rings. The van der Waals surface area contributed by atoms with E-state index in [0.29, 0.717) is 5.69 Å². The number of nitrogens with zero attached hydrogens (tertiary/aromatic N) is 6. The van der Waals surface area contributed by atoms with Crippen LogP contribution in [0.4, 0.5) is 22.7 Å². The Morgan fingerprint density at radius 1 is 0.974 bits per heavy atom. The molecule has 0 aliphatic carbocycles. The molecule has 1 unspecified atom stereocenters. The van der Waals surface area contributed by atoms with E-state index in [1.165, 1.54) is 29.1 Å². The largest absolute Gasteiger partial charge is 0.346 e. The van der Waals surface area contributed by atoms with Crippen molar-refractivity contribution in [3.05, 3.63) is 106 Å². The maximum absolute atomic E-state index is 11.3. The van der Waals surface area contributed by atoms with Crippen molar-refractivity contribution in [1.29, 1.82) is 0 Å². The third-order valence-electron chi connectivity index (χ3n) is 7.41. The number of hydrogen-bond acceptors (Lipinski definition) is 5. The Morgan fingerprint density at radius 3 is 2.21 bits per heavy atom. The van der Waals surface area contributed by atoms with Gasteiger partial charge in [-0.3, -0.25) is 10.1 Å². The van der Waals surface area contributed by atoms with Gasteiger partial charge in [-0.15, -0.1) is 0 Å². The molecule has 1 atom stereocenters. The third-order valence-corrected chi connectivity index (χ3v) is 11.1. The fourth-order valence-corrected chi connectivity index (χ4v) is 9.54. The molecule has 0 radical (unpaired) electrons. The van der Waals surface area contributed by atoms with E-state index < -0.39 is 7.36 Å². The van der Waals surface area contributed by atoms with Gasteiger partial charge in [0.15, 0.2) is 7.36 Å². The van der Waals surface area contributed by atoms with E-state index in [1.54, 1.807) is 12.1 Å². The lowest BCUT2D eigenvalue weighted by molar-refractivity contribution is -0.384. The molecule has 0 saturated heterocycles. The number of fused-ring (bicyclic) bond motifs is 1. The van der Waals surface area contributed by atoms with Crippen molar-refractivity contribution >= 4 is 36.3 Å². The van der Waals surface area contributed by atoms with Gasteiger partial charge < -0.3 is 4.90 Å². The molecule has 0 amide bonds. The number of non-ortho nitro benzene ring substituents is 1. The van der Waals surface area contributed by atoms with Crippen LogP contribution < -0.4 is 9.68 Å². The summed E-state index contributed by atoms with van der Waals surface area (Å²) in [6, 6.07) is 25.2. The number of allylic oxidation sites excluding steroid dienone is 2. The average Bonchev–Trinajstić information content (AvgIpc) is 3.37. The second-order valence-electron chi connectivity index (χ2n) is 9.89. The standard InChI is InChI=1S/C29H33N6O2P/c1-6-33(7-2)38(31-22-17-19-24(20-18-22)35(36)37)27(21-30-34(38)23-13-9-8-10-14-23)28-29(3,4)25-15-11-12-16-26(25)32(28)5/h8-21H,6-7H2,1-5H3/b28-27+. The molecular weight excluding hydrogens is 495 g/mol. The number of rotatable bonds is 6. The Labute approximate surface area is 224 Å². The Kier molecular flexibility index (Phi) is 6.72. The lowest BCUT2D eigenvalue weighted by Gasteiger charge is -2.40. The minimum Gasteiger partial charge on any atom is -0.346 e. The highest BCUT2D eigenvalue weighted by atomic mass is 31.2. The van der Waals surface area contributed by atoms with Crippen LogP contribution in [0.2, 0.25) is 0 Å². The summed E-state index contributed by atoms with van der Waals surface area (Å²) >= 11 is 0. The molecule has 3 aromatic carbocycles. The Morgan fingerprint density at radius 2 is 1.61 bits per heavy atom. The summed E-state index contributed by atoms with van der Waals surface area (Å²) in [6.07, 6.45) is 1.99. The average molecular weight is 529 g/mol. The summed E-state index contributed by atoms with van der Waals surface area (Å²) in [5, 5.41) is 17.5. The molecule has 2 heterocycles. The summed E-state index contributed by atoms with van der Waals surface area (Å²) in [6.45, 7) is 10.4. The van der Waals surface area contributed by atoms with Crippen LogP contribution in [0.5, 0.6) is 0 Å². The minimum atomic E-state index is -2.72. The highest BCUT2D eigenvalue weighted by Crippen LogP contribution is 2.70. The maximum atomic E-state index is 11.3. The summed E-state index contributed by atoms with van der Waals surface area (Å²) < 4.78 is 10.0. The molecule has 0 saturated carbocycles. The van der Waals surface area contributed by atoms with Gasteiger partial charge in [0.25, 0.3) is 5.69 Å². The number of anilines is 2. The zero-order valence-corrected chi connectivity index (χ0v) is 23.3. The van der Waals surface area contributed by atoms with Crippen molar-refractivity contribution in [2.75, 3.05) is 29.8 Å². The molecular formula is C29H33N6O2P. The van der Waals surface area contributed by atoms with Gasteiger partial charge in [-0.2, -0.15) is 5.10 Å². The lowest BCUT2D eigenvalue weighted by Crippen LogP contribution is -2.31. The fraction of sp³-hybridized carbons (Fsp3) is 0.276. The van der Waals surface area contributed by atoms with Crippen molar-refractivity contribution in [2.24, 2.45) is 9.85 Å². The summed E-state index contributed by atoms with van der Waals surface area (Å²) in [5.41, 5.74) is 5.05. The molecule has 0 aromatic heterocycles. The van der Waals surface area contributed by atoms with E-state index in [-0.39, 0.29) is 16.0 Å². The van der Waals surface area contributed by atoms with Gasteiger partial charge in [0.05, 0.1) is 27.8 Å². The van der Waals surface area contributed by atoms with E-state index in [1.807, 2.05) is 24.4 Å². The van der Waals surface area contributed by atoms with Crippen molar-refractivity contribution in [3.63, 3.8) is 0 Å².